The van der Waals surface area contributed by atoms with Gasteiger partial charge in [-0.25, -0.2) is 4.98 Å². The van der Waals surface area contributed by atoms with Crippen molar-refractivity contribution < 1.29 is 0 Å². The lowest BCUT2D eigenvalue weighted by molar-refractivity contribution is 1.07. The van der Waals surface area contributed by atoms with E-state index in [9.17, 15) is 0 Å². The van der Waals surface area contributed by atoms with Crippen molar-refractivity contribution >= 4 is 44.0 Å². The van der Waals surface area contributed by atoms with E-state index >= 15 is 0 Å². The molecule has 5 rings (SSSR count). The topological polar surface area (TPSA) is 64.6 Å². The van der Waals surface area contributed by atoms with Gasteiger partial charge in [0, 0.05) is 16.1 Å². The number of thioether (sulfide) groups is 1. The number of aromatic amines is 1. The second kappa shape index (κ2) is 8.57. The van der Waals surface area contributed by atoms with Crippen LogP contribution < -0.4 is 5.32 Å². The van der Waals surface area contributed by atoms with E-state index in [0.29, 0.717) is 5.71 Å². The Morgan fingerprint density at radius 1 is 1.00 bits per heavy atom. The summed E-state index contributed by atoms with van der Waals surface area (Å²) in [6, 6.07) is 18.4. The molecule has 1 aliphatic carbocycles. The molecule has 0 amide bonds. The quantitative estimate of drug-likeness (QED) is 0.388. The average molecular weight is 487 g/mol. The van der Waals surface area contributed by atoms with Gasteiger partial charge in [-0.3, -0.25) is 0 Å². The van der Waals surface area contributed by atoms with Crippen molar-refractivity contribution in [2.75, 3.05) is 0 Å². The molecule has 31 heavy (non-hydrogen) atoms. The third-order valence-corrected chi connectivity index (χ3v) is 6.68. The monoisotopic (exact) mass is 486 g/mol. The first kappa shape index (κ1) is 19.8. The fraction of sp³-hybridized carbons (Fsp3) is 0.0400. The lowest BCUT2D eigenvalue weighted by Crippen LogP contribution is -2.11. The van der Waals surface area contributed by atoms with Crippen LogP contribution in [0.25, 0.3) is 21.9 Å². The first-order chi connectivity index (χ1) is 15.2. The van der Waals surface area contributed by atoms with E-state index in [1.807, 2.05) is 60.8 Å². The molecule has 0 saturated carbocycles. The predicted molar refractivity (Wildman–Crippen MR) is 133 cm³/mol. The van der Waals surface area contributed by atoms with E-state index in [1.54, 1.807) is 11.8 Å². The number of rotatable bonds is 4. The van der Waals surface area contributed by atoms with E-state index in [1.165, 1.54) is 0 Å². The van der Waals surface area contributed by atoms with Crippen molar-refractivity contribution in [2.45, 2.75) is 0 Å². The fourth-order valence-electron chi connectivity index (χ4n) is 3.50. The summed E-state index contributed by atoms with van der Waals surface area (Å²) in [5.74, 6) is 0.786. The van der Waals surface area contributed by atoms with Gasteiger partial charge >= 0.3 is 0 Å². The maximum absolute atomic E-state index is 8.20. The second-order valence-corrected chi connectivity index (χ2v) is 9.17. The van der Waals surface area contributed by atoms with Gasteiger partial charge < -0.3 is 15.7 Å². The minimum Gasteiger partial charge on any atom is -0.349 e. The summed E-state index contributed by atoms with van der Waals surface area (Å²) in [6.45, 7) is 0. The number of halogens is 1. The average Bonchev–Trinajstić information content (AvgIpc) is 3.44. The number of allylic oxidation sites excluding steroid dienone is 5. The van der Waals surface area contributed by atoms with Gasteiger partial charge in [-0.2, -0.15) is 0 Å². The van der Waals surface area contributed by atoms with Crippen molar-refractivity contribution in [1.82, 2.24) is 15.3 Å². The van der Waals surface area contributed by atoms with Crippen LogP contribution in [0.5, 0.6) is 0 Å². The van der Waals surface area contributed by atoms with E-state index in [2.05, 4.69) is 61.6 Å². The Kier molecular flexibility index (Phi) is 5.49. The zero-order valence-corrected chi connectivity index (χ0v) is 18.9. The zero-order chi connectivity index (χ0) is 21.2. The molecule has 2 aromatic carbocycles. The van der Waals surface area contributed by atoms with Crippen molar-refractivity contribution in [2.24, 2.45) is 5.92 Å². The lowest BCUT2D eigenvalue weighted by Gasteiger charge is -2.11. The number of nitrogens with zero attached hydrogens (tertiary/aromatic N) is 1. The van der Waals surface area contributed by atoms with Crippen LogP contribution in [0.3, 0.4) is 0 Å². The van der Waals surface area contributed by atoms with Crippen molar-refractivity contribution in [3.8, 4) is 11.3 Å². The third-order valence-electron chi connectivity index (χ3n) is 5.09. The summed E-state index contributed by atoms with van der Waals surface area (Å²) < 4.78 is 1.04. The van der Waals surface area contributed by atoms with Gasteiger partial charge in [0.2, 0.25) is 0 Å². The van der Waals surface area contributed by atoms with Crippen LogP contribution in [-0.2, 0) is 0 Å². The SMILES string of the molecule is N=C1C=CC=CC1C=C1NC(c2ccc(Br)cc2)=C(c2ncc(-c3ccccc3)[nH]2)S1. The molecule has 1 aromatic heterocycles. The van der Waals surface area contributed by atoms with Crippen LogP contribution in [0.15, 0.2) is 101 Å². The molecule has 1 atom stereocenters. The highest BCUT2D eigenvalue weighted by atomic mass is 79.9. The van der Waals surface area contributed by atoms with E-state index in [4.69, 9.17) is 5.41 Å². The molecule has 3 N–H and O–H groups in total. The highest BCUT2D eigenvalue weighted by Crippen LogP contribution is 2.44. The van der Waals surface area contributed by atoms with Gasteiger partial charge in [0.25, 0.3) is 0 Å². The first-order valence-electron chi connectivity index (χ1n) is 9.88. The third kappa shape index (κ3) is 4.22. The van der Waals surface area contributed by atoms with Gasteiger partial charge in [-0.05, 0) is 35.4 Å². The van der Waals surface area contributed by atoms with Crippen molar-refractivity contribution in [1.29, 1.82) is 5.41 Å². The Morgan fingerprint density at radius 3 is 2.58 bits per heavy atom. The summed E-state index contributed by atoms with van der Waals surface area (Å²) in [7, 11) is 0. The second-order valence-electron chi connectivity index (χ2n) is 7.21. The van der Waals surface area contributed by atoms with Crippen LogP contribution in [-0.4, -0.2) is 15.7 Å². The summed E-state index contributed by atoms with van der Waals surface area (Å²) in [6.07, 6.45) is 11.7. The maximum atomic E-state index is 8.20. The van der Waals surface area contributed by atoms with E-state index < -0.39 is 0 Å². The van der Waals surface area contributed by atoms with Gasteiger partial charge in [0.05, 0.1) is 27.5 Å². The highest BCUT2D eigenvalue weighted by molar-refractivity contribution is 9.10. The van der Waals surface area contributed by atoms with Crippen molar-refractivity contribution in [3.63, 3.8) is 0 Å². The fourth-order valence-corrected chi connectivity index (χ4v) is 4.82. The molecular formula is C25H19BrN4S. The largest absolute Gasteiger partial charge is 0.349 e. The van der Waals surface area contributed by atoms with Crippen molar-refractivity contribution in [3.05, 3.63) is 112 Å². The van der Waals surface area contributed by atoms with Gasteiger partial charge in [0.15, 0.2) is 0 Å². The molecule has 1 aliphatic heterocycles. The summed E-state index contributed by atoms with van der Waals surface area (Å²) >= 11 is 5.16. The van der Waals surface area contributed by atoms with Crippen LogP contribution in [0, 0.1) is 11.3 Å². The van der Waals surface area contributed by atoms with E-state index in [0.717, 1.165) is 42.7 Å². The summed E-state index contributed by atoms with van der Waals surface area (Å²) in [4.78, 5) is 9.21. The van der Waals surface area contributed by atoms with Crippen LogP contribution in [0.4, 0.5) is 0 Å². The number of hydrogen-bond acceptors (Lipinski definition) is 4. The minimum absolute atomic E-state index is 0.0398. The molecule has 1 unspecified atom stereocenters. The Hall–Kier alpha value is -3.09. The summed E-state index contributed by atoms with van der Waals surface area (Å²) in [5, 5.41) is 12.8. The number of aromatic nitrogens is 2. The molecule has 6 heteroatoms. The Balaban J connectivity index is 1.52. The number of imidazole rings is 1. The molecule has 0 spiro atoms. The Labute approximate surface area is 193 Å². The molecule has 2 heterocycles. The predicted octanol–water partition coefficient (Wildman–Crippen LogP) is 6.60. The standard InChI is InChI=1S/C25H19BrN4S/c26-19-12-10-17(11-13-19)23-24(25-28-15-21(29-25)16-6-2-1-3-7-16)31-22(30-23)14-18-8-4-5-9-20(18)27/h1-15,18,27,30H,(H,28,29). The lowest BCUT2D eigenvalue weighted by atomic mass is 9.99. The van der Waals surface area contributed by atoms with Gasteiger partial charge in [-0.1, -0.05) is 88.4 Å². The van der Waals surface area contributed by atoms with Crippen LogP contribution in [0.1, 0.15) is 11.4 Å². The first-order valence-corrected chi connectivity index (χ1v) is 11.5. The minimum atomic E-state index is -0.0398. The highest BCUT2D eigenvalue weighted by Gasteiger charge is 2.25. The molecule has 2 aliphatic rings. The molecule has 0 bridgehead atoms. The molecular weight excluding hydrogens is 468 g/mol. The number of H-pyrrole nitrogens is 1. The molecule has 0 radical (unpaired) electrons. The maximum Gasteiger partial charge on any atom is 0.146 e. The van der Waals surface area contributed by atoms with Crippen LogP contribution >= 0.6 is 27.7 Å². The number of nitrogens with one attached hydrogen (secondary N) is 3. The molecule has 152 valence electrons. The number of benzene rings is 2. The zero-order valence-electron chi connectivity index (χ0n) is 16.5. The Morgan fingerprint density at radius 2 is 1.81 bits per heavy atom. The summed E-state index contributed by atoms with van der Waals surface area (Å²) in [5.41, 5.74) is 4.77. The number of hydrogen-bond donors (Lipinski definition) is 3. The van der Waals surface area contributed by atoms with Gasteiger partial charge in [0.1, 0.15) is 5.82 Å². The molecule has 3 aromatic rings. The molecule has 4 nitrogen and oxygen atoms in total. The Bertz CT molecular complexity index is 1250. The van der Waals surface area contributed by atoms with E-state index in [-0.39, 0.29) is 5.92 Å². The normalized spacial score (nSPS) is 19.3. The molecule has 0 saturated heterocycles. The van der Waals surface area contributed by atoms with Gasteiger partial charge in [-0.15, -0.1) is 0 Å². The molecule has 0 fully saturated rings. The smallest absolute Gasteiger partial charge is 0.146 e. The van der Waals surface area contributed by atoms with Crippen LogP contribution in [0.2, 0.25) is 0 Å².